The zero-order chi connectivity index (χ0) is 9.80. The molecule has 0 aliphatic heterocycles. The van der Waals surface area contributed by atoms with E-state index >= 15 is 0 Å². The van der Waals surface area contributed by atoms with E-state index in [0.29, 0.717) is 11.1 Å². The summed E-state index contributed by atoms with van der Waals surface area (Å²) in [5, 5.41) is 0. The normalized spacial score (nSPS) is 9.07. The molecule has 1 nitrogen and oxygen atoms in total. The van der Waals surface area contributed by atoms with Gasteiger partial charge in [-0.2, -0.15) is 0 Å². The second-order valence-electron chi connectivity index (χ2n) is 2.88. The van der Waals surface area contributed by atoms with Gasteiger partial charge < -0.3 is 4.79 Å². The van der Waals surface area contributed by atoms with Gasteiger partial charge in [0.15, 0.2) is 0 Å². The topological polar surface area (TPSA) is 17.1 Å². The Hall–Kier alpha value is -1.20. The molecule has 0 amide bonds. The molecule has 0 N–H and O–H groups in total. The Labute approximate surface area is 103 Å². The van der Waals surface area contributed by atoms with Crippen molar-refractivity contribution in [3.8, 4) is 0 Å². The third kappa shape index (κ3) is 2.87. The van der Waals surface area contributed by atoms with Crippen LogP contribution in [0.1, 0.15) is 15.9 Å². The van der Waals surface area contributed by atoms with E-state index in [9.17, 15) is 4.79 Å². The Bertz CT molecular complexity index is 381. The molecule has 0 aliphatic carbocycles. The zero-order valence-corrected chi connectivity index (χ0v) is 10.9. The number of hydrogen-bond donors (Lipinski definition) is 0. The van der Waals surface area contributed by atoms with Gasteiger partial charge in [-0.1, -0.05) is 0 Å². The number of hydrogen-bond acceptors (Lipinski definition) is 1. The second-order valence-corrected chi connectivity index (χ2v) is 2.88. The zero-order valence-electron chi connectivity index (χ0n) is 7.94. The van der Waals surface area contributed by atoms with Crippen molar-refractivity contribution in [1.82, 2.24) is 0 Å². The SMILES string of the molecule is O=C(c1[c-]cccc1)c1[c-]cccc1.[W+2]. The first-order valence-corrected chi connectivity index (χ1v) is 4.36. The molecule has 0 bridgehead atoms. The van der Waals surface area contributed by atoms with E-state index < -0.39 is 0 Å². The fourth-order valence-corrected chi connectivity index (χ4v) is 1.21. The Morgan fingerprint density at radius 1 is 0.867 bits per heavy atom. The summed E-state index contributed by atoms with van der Waals surface area (Å²) < 4.78 is 0. The van der Waals surface area contributed by atoms with Crippen LogP contribution in [0, 0.1) is 12.1 Å². The summed E-state index contributed by atoms with van der Waals surface area (Å²) in [5.41, 5.74) is 1.16. The van der Waals surface area contributed by atoms with Gasteiger partial charge >= 0.3 is 21.1 Å². The number of ketones is 1. The molecule has 2 aromatic carbocycles. The van der Waals surface area contributed by atoms with Gasteiger partial charge in [-0.05, 0) is 0 Å². The van der Waals surface area contributed by atoms with Crippen LogP contribution in [0.5, 0.6) is 0 Å². The van der Waals surface area contributed by atoms with Crippen LogP contribution in [0.2, 0.25) is 0 Å². The summed E-state index contributed by atoms with van der Waals surface area (Å²) in [6, 6.07) is 20.1. The maximum atomic E-state index is 11.8. The summed E-state index contributed by atoms with van der Waals surface area (Å²) in [5.74, 6) is -0.0359. The molecule has 2 aromatic rings. The molecule has 15 heavy (non-hydrogen) atoms. The molecule has 0 saturated carbocycles. The van der Waals surface area contributed by atoms with Crippen molar-refractivity contribution >= 4 is 5.78 Å². The molecule has 0 spiro atoms. The van der Waals surface area contributed by atoms with Crippen molar-refractivity contribution < 1.29 is 25.9 Å². The first-order valence-electron chi connectivity index (χ1n) is 4.36. The van der Waals surface area contributed by atoms with Gasteiger partial charge in [0.2, 0.25) is 0 Å². The molecule has 2 heteroatoms. The van der Waals surface area contributed by atoms with E-state index in [0.717, 1.165) is 0 Å². The van der Waals surface area contributed by atoms with Crippen LogP contribution >= 0.6 is 0 Å². The molecule has 0 atom stereocenters. The quantitative estimate of drug-likeness (QED) is 0.592. The molecular formula is C13H8OW. The first kappa shape index (κ1) is 11.9. The van der Waals surface area contributed by atoms with Crippen LogP contribution in [0.3, 0.4) is 0 Å². The van der Waals surface area contributed by atoms with Crippen molar-refractivity contribution in [1.29, 1.82) is 0 Å². The Morgan fingerprint density at radius 2 is 1.33 bits per heavy atom. The Kier molecular flexibility index (Phi) is 4.45. The van der Waals surface area contributed by atoms with Crippen molar-refractivity contribution in [3.05, 3.63) is 71.8 Å². The van der Waals surface area contributed by atoms with E-state index in [1.165, 1.54) is 0 Å². The van der Waals surface area contributed by atoms with Gasteiger partial charge in [0, 0.05) is 0 Å². The molecule has 0 aliphatic rings. The second kappa shape index (κ2) is 5.62. The van der Waals surface area contributed by atoms with Gasteiger partial charge in [-0.3, -0.25) is 0 Å². The van der Waals surface area contributed by atoms with Crippen LogP contribution in [-0.2, 0) is 21.1 Å². The molecule has 0 saturated heterocycles. The maximum absolute atomic E-state index is 11.8. The summed E-state index contributed by atoms with van der Waals surface area (Å²) in [6.45, 7) is 0. The van der Waals surface area contributed by atoms with Crippen molar-refractivity contribution in [3.63, 3.8) is 0 Å². The molecule has 2 rings (SSSR count). The molecule has 0 unspecified atom stereocenters. The van der Waals surface area contributed by atoms with Crippen LogP contribution in [0.25, 0.3) is 0 Å². The van der Waals surface area contributed by atoms with E-state index in [1.807, 2.05) is 24.3 Å². The maximum Gasteiger partial charge on any atom is 2.00 e. The molecule has 0 radical (unpaired) electrons. The average molecular weight is 364 g/mol. The molecule has 0 heterocycles. The smallest absolute Gasteiger partial charge is 0.348 e. The number of carbonyl (C=O) groups is 1. The summed E-state index contributed by atoms with van der Waals surface area (Å²) in [4.78, 5) is 11.8. The van der Waals surface area contributed by atoms with Crippen molar-refractivity contribution in [2.24, 2.45) is 0 Å². The number of carbonyl (C=O) groups excluding carboxylic acids is 1. The molecular weight excluding hydrogens is 356 g/mol. The van der Waals surface area contributed by atoms with Crippen molar-refractivity contribution in [2.75, 3.05) is 0 Å². The third-order valence-electron chi connectivity index (χ3n) is 1.91. The van der Waals surface area contributed by atoms with Gasteiger partial charge in [-0.25, -0.2) is 0 Å². The van der Waals surface area contributed by atoms with E-state index in [2.05, 4.69) is 12.1 Å². The van der Waals surface area contributed by atoms with Crippen molar-refractivity contribution in [2.45, 2.75) is 0 Å². The largest absolute Gasteiger partial charge is 2.00 e. The average Bonchev–Trinajstić information content (AvgIpc) is 2.30. The molecule has 0 fully saturated rings. The predicted molar refractivity (Wildman–Crippen MR) is 54.0 cm³/mol. The monoisotopic (exact) mass is 364 g/mol. The van der Waals surface area contributed by atoms with Crippen LogP contribution in [0.15, 0.2) is 48.5 Å². The fourth-order valence-electron chi connectivity index (χ4n) is 1.21. The standard InChI is InChI=1S/C13H8O.W/c14-13(11-7-3-1-4-8-11)12-9-5-2-6-10-12;/h1-7,9H;/q-2;+2. The van der Waals surface area contributed by atoms with Crippen LogP contribution in [0.4, 0.5) is 0 Å². The predicted octanol–water partition coefficient (Wildman–Crippen LogP) is 2.52. The summed E-state index contributed by atoms with van der Waals surface area (Å²) in [6.07, 6.45) is 0. The third-order valence-corrected chi connectivity index (χ3v) is 1.91. The Balaban J connectivity index is 0.00000112. The minimum absolute atomic E-state index is 0. The van der Waals surface area contributed by atoms with Gasteiger partial charge in [-0.15, -0.1) is 71.8 Å². The Morgan fingerprint density at radius 3 is 1.67 bits per heavy atom. The molecule has 0 aromatic heterocycles. The van der Waals surface area contributed by atoms with Gasteiger partial charge in [0.1, 0.15) is 0 Å². The van der Waals surface area contributed by atoms with E-state index in [-0.39, 0.29) is 26.8 Å². The fraction of sp³-hybridized carbons (Fsp3) is 0. The minimum Gasteiger partial charge on any atom is -0.348 e. The first-order chi connectivity index (χ1) is 6.88. The summed E-state index contributed by atoms with van der Waals surface area (Å²) >= 11 is 0. The van der Waals surface area contributed by atoms with E-state index in [1.54, 1.807) is 24.3 Å². The minimum atomic E-state index is -0.0359. The van der Waals surface area contributed by atoms with Gasteiger partial charge in [0.05, 0.1) is 5.78 Å². The number of benzene rings is 2. The van der Waals surface area contributed by atoms with Gasteiger partial charge in [0.25, 0.3) is 0 Å². The van der Waals surface area contributed by atoms with Crippen LogP contribution in [-0.4, -0.2) is 5.78 Å². The molecule has 72 valence electrons. The number of rotatable bonds is 2. The van der Waals surface area contributed by atoms with E-state index in [4.69, 9.17) is 0 Å². The summed E-state index contributed by atoms with van der Waals surface area (Å²) in [7, 11) is 0. The van der Waals surface area contributed by atoms with Crippen LogP contribution < -0.4 is 0 Å².